The minimum atomic E-state index is 0.262. The van der Waals surface area contributed by atoms with E-state index in [1.807, 2.05) is 48.5 Å². The quantitative estimate of drug-likeness (QED) is 0.561. The molecule has 1 aliphatic rings. The Morgan fingerprint density at radius 2 is 2.00 bits per heavy atom. The van der Waals surface area contributed by atoms with E-state index in [4.69, 9.17) is 14.2 Å². The van der Waals surface area contributed by atoms with E-state index in [1.165, 1.54) is 0 Å². The largest absolute Gasteiger partial charge is 0.487 e. The Morgan fingerprint density at radius 3 is 2.85 bits per heavy atom. The van der Waals surface area contributed by atoms with Crippen molar-refractivity contribution in [2.24, 2.45) is 0 Å². The van der Waals surface area contributed by atoms with Gasteiger partial charge in [-0.15, -0.1) is 0 Å². The van der Waals surface area contributed by atoms with Crippen molar-refractivity contribution in [3.8, 4) is 28.4 Å². The second-order valence-corrected chi connectivity index (χ2v) is 6.05. The minimum absolute atomic E-state index is 0.262. The number of pyridine rings is 1. The highest BCUT2D eigenvalue weighted by Crippen LogP contribution is 2.39. The lowest BCUT2D eigenvalue weighted by Crippen LogP contribution is -2.00. The molecule has 0 amide bonds. The molecule has 2 aromatic carbocycles. The first-order valence-electron chi connectivity index (χ1n) is 8.64. The molecule has 0 atom stereocenters. The van der Waals surface area contributed by atoms with Crippen LogP contribution in [-0.2, 0) is 0 Å². The summed E-state index contributed by atoms with van der Waals surface area (Å²) in [5.41, 5.74) is 3.88. The molecule has 4 nitrogen and oxygen atoms in total. The predicted octanol–water partition coefficient (Wildman–Crippen LogP) is 5.31. The number of hydrogen-bond donors (Lipinski definition) is 0. The molecule has 134 valence electrons. The van der Waals surface area contributed by atoms with Crippen LogP contribution >= 0.6 is 0 Å². The van der Waals surface area contributed by atoms with Crippen molar-refractivity contribution in [2.45, 2.75) is 0 Å². The van der Waals surface area contributed by atoms with Gasteiger partial charge in [-0.2, -0.15) is 0 Å². The van der Waals surface area contributed by atoms with Crippen LogP contribution in [0.15, 0.2) is 85.6 Å². The van der Waals surface area contributed by atoms with E-state index in [1.54, 1.807) is 18.3 Å². The van der Waals surface area contributed by atoms with Crippen LogP contribution in [0.5, 0.6) is 17.2 Å². The van der Waals surface area contributed by atoms with Gasteiger partial charge in [-0.3, -0.25) is 4.98 Å². The Morgan fingerprint density at radius 1 is 1.11 bits per heavy atom. The topological polar surface area (TPSA) is 40.6 Å². The van der Waals surface area contributed by atoms with Crippen molar-refractivity contribution in [1.82, 2.24) is 4.98 Å². The molecule has 0 radical (unpaired) electrons. The molecule has 1 aliphatic heterocycles. The fraction of sp³-hybridized carbons (Fsp3) is 0.0870. The van der Waals surface area contributed by atoms with Gasteiger partial charge in [-0.05, 0) is 47.0 Å². The molecule has 0 saturated carbocycles. The number of hydrogen-bond acceptors (Lipinski definition) is 4. The SMILES string of the molecule is C=C/C=C(\C=C)COc1ccc(-c2ccc3c(c2)OCO3)c2cccnc12. The maximum atomic E-state index is 6.00. The first-order valence-corrected chi connectivity index (χ1v) is 8.64. The number of nitrogens with zero attached hydrogens (tertiary/aromatic N) is 1. The summed E-state index contributed by atoms with van der Waals surface area (Å²) in [5, 5.41) is 1.02. The van der Waals surface area contributed by atoms with Crippen molar-refractivity contribution in [3.05, 3.63) is 85.6 Å². The fourth-order valence-corrected chi connectivity index (χ4v) is 3.07. The second-order valence-electron chi connectivity index (χ2n) is 6.05. The van der Waals surface area contributed by atoms with Crippen LogP contribution in [0, 0.1) is 0 Å². The molecule has 4 rings (SSSR count). The van der Waals surface area contributed by atoms with Crippen LogP contribution in [0.25, 0.3) is 22.0 Å². The molecule has 1 aromatic heterocycles. The number of fused-ring (bicyclic) bond motifs is 2. The fourth-order valence-electron chi connectivity index (χ4n) is 3.07. The summed E-state index contributed by atoms with van der Waals surface area (Å²) in [5.74, 6) is 2.26. The van der Waals surface area contributed by atoms with Crippen molar-refractivity contribution in [1.29, 1.82) is 0 Å². The van der Waals surface area contributed by atoms with Gasteiger partial charge in [-0.1, -0.05) is 43.5 Å². The normalized spacial score (nSPS) is 12.8. The minimum Gasteiger partial charge on any atom is -0.487 e. The average Bonchev–Trinajstić information content (AvgIpc) is 3.18. The zero-order valence-electron chi connectivity index (χ0n) is 14.9. The highest BCUT2D eigenvalue weighted by molar-refractivity contribution is 5.98. The first-order chi connectivity index (χ1) is 13.3. The Kier molecular flexibility index (Phi) is 4.62. The average molecular weight is 357 g/mol. The Balaban J connectivity index is 1.73. The summed E-state index contributed by atoms with van der Waals surface area (Å²) in [6.07, 6.45) is 7.13. The number of aromatic nitrogens is 1. The second kappa shape index (κ2) is 7.38. The lowest BCUT2D eigenvalue weighted by atomic mass is 9.99. The van der Waals surface area contributed by atoms with Gasteiger partial charge in [-0.25, -0.2) is 0 Å². The summed E-state index contributed by atoms with van der Waals surface area (Å²) in [6.45, 7) is 8.18. The van der Waals surface area contributed by atoms with Crippen LogP contribution in [-0.4, -0.2) is 18.4 Å². The van der Waals surface area contributed by atoms with E-state index >= 15 is 0 Å². The summed E-state index contributed by atoms with van der Waals surface area (Å²) in [4.78, 5) is 4.54. The third-order valence-corrected chi connectivity index (χ3v) is 4.40. The molecule has 0 spiro atoms. The molecule has 0 bridgehead atoms. The highest BCUT2D eigenvalue weighted by Gasteiger charge is 2.16. The van der Waals surface area contributed by atoms with Crippen LogP contribution in [0.3, 0.4) is 0 Å². The third kappa shape index (κ3) is 3.29. The number of ether oxygens (including phenoxy) is 3. The molecule has 0 saturated heterocycles. The molecule has 4 heteroatoms. The van der Waals surface area contributed by atoms with Crippen molar-refractivity contribution < 1.29 is 14.2 Å². The summed E-state index contributed by atoms with van der Waals surface area (Å²) < 4.78 is 16.9. The predicted molar refractivity (Wildman–Crippen MR) is 107 cm³/mol. The molecule has 0 fully saturated rings. The Hall–Kier alpha value is -3.53. The van der Waals surface area contributed by atoms with Crippen LogP contribution in [0.4, 0.5) is 0 Å². The van der Waals surface area contributed by atoms with Crippen molar-refractivity contribution >= 4 is 10.9 Å². The zero-order valence-corrected chi connectivity index (χ0v) is 14.9. The first kappa shape index (κ1) is 16.9. The summed E-state index contributed by atoms with van der Waals surface area (Å²) >= 11 is 0. The van der Waals surface area contributed by atoms with Gasteiger partial charge in [0, 0.05) is 11.6 Å². The van der Waals surface area contributed by atoms with Crippen LogP contribution in [0.1, 0.15) is 0 Å². The van der Waals surface area contributed by atoms with Crippen LogP contribution in [0.2, 0.25) is 0 Å². The summed E-state index contributed by atoms with van der Waals surface area (Å²) in [6, 6.07) is 13.9. The van der Waals surface area contributed by atoms with Gasteiger partial charge in [0.05, 0.1) is 0 Å². The number of benzene rings is 2. The maximum absolute atomic E-state index is 6.00. The zero-order chi connectivity index (χ0) is 18.6. The Labute approximate surface area is 158 Å². The van der Waals surface area contributed by atoms with Crippen molar-refractivity contribution in [3.63, 3.8) is 0 Å². The van der Waals surface area contributed by atoms with Gasteiger partial charge in [0.15, 0.2) is 11.5 Å². The molecule has 0 unspecified atom stereocenters. The monoisotopic (exact) mass is 357 g/mol. The van der Waals surface area contributed by atoms with E-state index in [0.29, 0.717) is 6.61 Å². The van der Waals surface area contributed by atoms with E-state index in [9.17, 15) is 0 Å². The standard InChI is InChI=1S/C23H19NO3/c1-3-6-16(4-2)14-25-21-11-9-18(19-7-5-12-24-23(19)21)17-8-10-20-22(13-17)27-15-26-20/h3-13H,1-2,14-15H2/b16-6+. The highest BCUT2D eigenvalue weighted by atomic mass is 16.7. The van der Waals surface area contributed by atoms with Gasteiger partial charge in [0.2, 0.25) is 6.79 Å². The molecule has 27 heavy (non-hydrogen) atoms. The lowest BCUT2D eigenvalue weighted by Gasteiger charge is -2.13. The smallest absolute Gasteiger partial charge is 0.231 e. The number of allylic oxidation sites excluding steroid dienone is 2. The van der Waals surface area contributed by atoms with E-state index in [-0.39, 0.29) is 6.79 Å². The summed E-state index contributed by atoms with van der Waals surface area (Å²) in [7, 11) is 0. The lowest BCUT2D eigenvalue weighted by molar-refractivity contribution is 0.174. The van der Waals surface area contributed by atoms with Gasteiger partial charge >= 0.3 is 0 Å². The molecule has 2 heterocycles. The molecular formula is C23H19NO3. The number of rotatable bonds is 6. The van der Waals surface area contributed by atoms with E-state index in [0.717, 1.165) is 44.9 Å². The third-order valence-electron chi connectivity index (χ3n) is 4.40. The van der Waals surface area contributed by atoms with Gasteiger partial charge in [0.25, 0.3) is 0 Å². The van der Waals surface area contributed by atoms with Gasteiger partial charge in [0.1, 0.15) is 17.9 Å². The molecule has 0 aliphatic carbocycles. The van der Waals surface area contributed by atoms with E-state index < -0.39 is 0 Å². The van der Waals surface area contributed by atoms with E-state index in [2.05, 4.69) is 18.1 Å². The van der Waals surface area contributed by atoms with Crippen LogP contribution < -0.4 is 14.2 Å². The van der Waals surface area contributed by atoms with Gasteiger partial charge < -0.3 is 14.2 Å². The Bertz CT molecular complexity index is 1050. The maximum Gasteiger partial charge on any atom is 0.231 e. The molecular weight excluding hydrogens is 338 g/mol. The van der Waals surface area contributed by atoms with Crippen molar-refractivity contribution in [2.75, 3.05) is 13.4 Å². The molecule has 0 N–H and O–H groups in total. The molecule has 3 aromatic rings.